The van der Waals surface area contributed by atoms with Crippen LogP contribution in [0.5, 0.6) is 0 Å². The van der Waals surface area contributed by atoms with Gasteiger partial charge >= 0.3 is 11.9 Å². The van der Waals surface area contributed by atoms with Gasteiger partial charge < -0.3 is 20.5 Å². The third kappa shape index (κ3) is 5.08. The highest BCUT2D eigenvalue weighted by Gasteiger charge is 2.43. The van der Waals surface area contributed by atoms with Gasteiger partial charge in [-0.15, -0.1) is 0 Å². The van der Waals surface area contributed by atoms with Gasteiger partial charge in [-0.3, -0.25) is 9.69 Å². The molecule has 1 atom stereocenters. The number of amides is 1. The van der Waals surface area contributed by atoms with Gasteiger partial charge in [-0.25, -0.2) is 9.59 Å². The fraction of sp³-hybridized carbons (Fsp3) is 0.133. The lowest BCUT2D eigenvalue weighted by atomic mass is 9.81. The minimum Gasteiger partial charge on any atom is -0.466 e. The number of carbonyl (C=O) groups is 3. The third-order valence-electron chi connectivity index (χ3n) is 6.36. The molecule has 3 aromatic carbocycles. The molecule has 39 heavy (non-hydrogen) atoms. The quantitative estimate of drug-likeness (QED) is 0.461. The minimum absolute atomic E-state index is 0.0450. The van der Waals surface area contributed by atoms with Crippen molar-refractivity contribution < 1.29 is 23.9 Å². The predicted molar refractivity (Wildman–Crippen MR) is 145 cm³/mol. The molecule has 0 aliphatic carbocycles. The Balaban J connectivity index is 1.89. The van der Waals surface area contributed by atoms with Gasteiger partial charge in [-0.1, -0.05) is 54.6 Å². The number of methoxy groups -OCH3 is 2. The molecule has 0 bridgehead atoms. The molecule has 9 nitrogen and oxygen atoms in total. The summed E-state index contributed by atoms with van der Waals surface area (Å²) in [5, 5.41) is 13.0. The average Bonchev–Trinajstić information content (AvgIpc) is 2.96. The number of carbonyl (C=O) groups excluding carboxylic acids is 3. The monoisotopic (exact) mass is 522 g/mol. The number of benzene rings is 3. The molecular formula is C30H26N4O5. The second kappa shape index (κ2) is 11.4. The molecule has 1 unspecified atom stereocenters. The summed E-state index contributed by atoms with van der Waals surface area (Å²) >= 11 is 0. The number of nitrogens with two attached hydrogens (primary N) is 1. The van der Waals surface area contributed by atoms with E-state index in [1.807, 2.05) is 19.1 Å². The van der Waals surface area contributed by atoms with Crippen molar-refractivity contribution in [3.05, 3.63) is 118 Å². The Morgan fingerprint density at radius 3 is 2.23 bits per heavy atom. The van der Waals surface area contributed by atoms with Crippen molar-refractivity contribution in [1.82, 2.24) is 0 Å². The Labute approximate surface area is 225 Å². The normalized spacial score (nSPS) is 14.9. The third-order valence-corrected chi connectivity index (χ3v) is 6.36. The summed E-state index contributed by atoms with van der Waals surface area (Å²) < 4.78 is 10.1. The maximum absolute atomic E-state index is 13.2. The molecule has 0 saturated carbocycles. The van der Waals surface area contributed by atoms with Gasteiger partial charge in [0.2, 0.25) is 0 Å². The number of ether oxygens (including phenoxy) is 2. The molecule has 3 aromatic rings. The van der Waals surface area contributed by atoms with E-state index in [1.54, 1.807) is 66.7 Å². The van der Waals surface area contributed by atoms with Crippen LogP contribution < -0.4 is 16.0 Å². The van der Waals surface area contributed by atoms with Gasteiger partial charge in [0.05, 0.1) is 37.4 Å². The van der Waals surface area contributed by atoms with Crippen LogP contribution in [0.2, 0.25) is 0 Å². The first kappa shape index (κ1) is 26.7. The summed E-state index contributed by atoms with van der Waals surface area (Å²) in [7, 11) is 2.37. The Bertz CT molecular complexity index is 1550. The van der Waals surface area contributed by atoms with E-state index in [2.05, 4.69) is 11.4 Å². The number of nitrogens with one attached hydrogen (secondary N) is 1. The summed E-state index contributed by atoms with van der Waals surface area (Å²) in [6.07, 6.45) is 0. The molecule has 0 spiro atoms. The highest BCUT2D eigenvalue weighted by molar-refractivity contribution is 6.07. The van der Waals surface area contributed by atoms with Crippen LogP contribution in [-0.2, 0) is 19.1 Å². The topological polar surface area (TPSA) is 135 Å². The average molecular weight is 523 g/mol. The number of nitrogens with zero attached hydrogens (tertiary/aromatic N) is 2. The lowest BCUT2D eigenvalue weighted by molar-refractivity contribution is -0.139. The standard InChI is InChI=1S/C30H26N4O5/c1-18-10-7-8-15-22(18)28(35)33-20-13-9-14-21(16-20)34-26(30(37)39-3)25(29(36)38-2)24(23(17-31)27(34)32)19-11-5-4-6-12-19/h4-16,24H,32H2,1-3H3,(H,33,35). The van der Waals surface area contributed by atoms with Crippen molar-refractivity contribution >= 4 is 29.2 Å². The van der Waals surface area contributed by atoms with Crippen molar-refractivity contribution in [3.8, 4) is 6.07 Å². The molecule has 1 aliphatic heterocycles. The lowest BCUT2D eigenvalue weighted by Gasteiger charge is -2.36. The van der Waals surface area contributed by atoms with Gasteiger partial charge in [0, 0.05) is 16.9 Å². The largest absolute Gasteiger partial charge is 0.466 e. The van der Waals surface area contributed by atoms with E-state index < -0.39 is 17.9 Å². The molecule has 196 valence electrons. The summed E-state index contributed by atoms with van der Waals surface area (Å²) in [5.74, 6) is -3.04. The first-order valence-corrected chi connectivity index (χ1v) is 11.9. The number of hydrogen-bond acceptors (Lipinski definition) is 8. The van der Waals surface area contributed by atoms with E-state index in [-0.39, 0.29) is 28.6 Å². The lowest BCUT2D eigenvalue weighted by Crippen LogP contribution is -2.40. The smallest absolute Gasteiger partial charge is 0.355 e. The molecule has 0 radical (unpaired) electrons. The van der Waals surface area contributed by atoms with Crippen LogP contribution in [0.4, 0.5) is 11.4 Å². The maximum Gasteiger partial charge on any atom is 0.355 e. The van der Waals surface area contributed by atoms with Crippen LogP contribution in [0, 0.1) is 18.3 Å². The molecule has 4 rings (SSSR count). The highest BCUT2D eigenvalue weighted by atomic mass is 16.5. The van der Waals surface area contributed by atoms with E-state index in [0.29, 0.717) is 22.5 Å². The Kier molecular flexibility index (Phi) is 7.77. The highest BCUT2D eigenvalue weighted by Crippen LogP contribution is 2.43. The number of hydrogen-bond donors (Lipinski definition) is 2. The maximum atomic E-state index is 13.2. The fourth-order valence-electron chi connectivity index (χ4n) is 4.53. The van der Waals surface area contributed by atoms with E-state index in [0.717, 1.165) is 5.56 Å². The summed E-state index contributed by atoms with van der Waals surface area (Å²) in [6, 6.07) is 24.5. The molecule has 0 fully saturated rings. The molecule has 3 N–H and O–H groups in total. The summed E-state index contributed by atoms with van der Waals surface area (Å²) in [4.78, 5) is 40.6. The first-order chi connectivity index (χ1) is 18.8. The zero-order chi connectivity index (χ0) is 28.1. The van der Waals surface area contributed by atoms with Crippen LogP contribution >= 0.6 is 0 Å². The van der Waals surface area contributed by atoms with Crippen LogP contribution in [-0.4, -0.2) is 32.1 Å². The van der Waals surface area contributed by atoms with Gasteiger partial charge in [0.15, 0.2) is 0 Å². The van der Waals surface area contributed by atoms with Gasteiger partial charge in [0.25, 0.3) is 5.91 Å². The molecule has 0 aromatic heterocycles. The second-order valence-electron chi connectivity index (χ2n) is 8.65. The van der Waals surface area contributed by atoms with Crippen molar-refractivity contribution in [2.24, 2.45) is 5.73 Å². The summed E-state index contributed by atoms with van der Waals surface area (Å²) in [5.41, 5.74) is 8.88. The molecular weight excluding hydrogens is 496 g/mol. The van der Waals surface area contributed by atoms with E-state index in [4.69, 9.17) is 15.2 Å². The number of allylic oxidation sites excluding steroid dienone is 1. The van der Waals surface area contributed by atoms with Crippen LogP contribution in [0.15, 0.2) is 102 Å². The molecule has 1 amide bonds. The van der Waals surface area contributed by atoms with Crippen LogP contribution in [0.25, 0.3) is 0 Å². The number of anilines is 2. The summed E-state index contributed by atoms with van der Waals surface area (Å²) in [6.45, 7) is 1.83. The van der Waals surface area contributed by atoms with Crippen molar-refractivity contribution in [1.29, 1.82) is 5.26 Å². The van der Waals surface area contributed by atoms with Crippen molar-refractivity contribution in [2.75, 3.05) is 24.4 Å². The first-order valence-electron chi connectivity index (χ1n) is 11.9. The Morgan fingerprint density at radius 1 is 0.923 bits per heavy atom. The molecule has 9 heteroatoms. The van der Waals surface area contributed by atoms with Crippen molar-refractivity contribution in [3.63, 3.8) is 0 Å². The predicted octanol–water partition coefficient (Wildman–Crippen LogP) is 4.15. The van der Waals surface area contributed by atoms with Crippen LogP contribution in [0.3, 0.4) is 0 Å². The van der Waals surface area contributed by atoms with Gasteiger partial charge in [0.1, 0.15) is 11.5 Å². The van der Waals surface area contributed by atoms with E-state index in [9.17, 15) is 19.6 Å². The number of rotatable bonds is 6. The number of nitriles is 1. The fourth-order valence-corrected chi connectivity index (χ4v) is 4.53. The zero-order valence-electron chi connectivity index (χ0n) is 21.6. The van der Waals surface area contributed by atoms with Gasteiger partial charge in [-0.2, -0.15) is 5.26 Å². The Hall–Kier alpha value is -5.36. The molecule has 1 heterocycles. The zero-order valence-corrected chi connectivity index (χ0v) is 21.6. The minimum atomic E-state index is -0.974. The Morgan fingerprint density at radius 2 is 1.59 bits per heavy atom. The van der Waals surface area contributed by atoms with E-state index >= 15 is 0 Å². The second-order valence-corrected chi connectivity index (χ2v) is 8.65. The van der Waals surface area contributed by atoms with E-state index in [1.165, 1.54) is 19.1 Å². The number of esters is 2. The van der Waals surface area contributed by atoms with Crippen LogP contribution in [0.1, 0.15) is 27.4 Å². The molecule has 1 aliphatic rings. The SMILES string of the molecule is COC(=O)C1=C(C(=O)OC)N(c2cccc(NC(=O)c3ccccc3C)c2)C(N)=C(C#N)C1c1ccccc1. The molecule has 0 saturated heterocycles. The van der Waals surface area contributed by atoms with Gasteiger partial charge in [-0.05, 0) is 42.3 Å². The number of aryl methyl sites for hydroxylation is 1. The van der Waals surface area contributed by atoms with Crippen molar-refractivity contribution in [2.45, 2.75) is 12.8 Å².